The Hall–Kier alpha value is -1.94. The molecule has 0 fully saturated rings. The Balaban J connectivity index is 2.82. The smallest absolute Gasteiger partial charge is 0.324 e. The molecule has 7 heteroatoms. The fourth-order valence-electron chi connectivity index (χ4n) is 1.18. The summed E-state index contributed by atoms with van der Waals surface area (Å²) in [5, 5.41) is 19.0. The van der Waals surface area contributed by atoms with Gasteiger partial charge in [0.2, 0.25) is 0 Å². The molecule has 0 spiro atoms. The highest BCUT2D eigenvalue weighted by molar-refractivity contribution is 7.17. The minimum Gasteiger partial charge on any atom is -0.337 e. The van der Waals surface area contributed by atoms with E-state index in [1.807, 2.05) is 6.07 Å². The predicted molar refractivity (Wildman–Crippen MR) is 62.8 cm³/mol. The molecule has 1 aromatic heterocycles. The van der Waals surface area contributed by atoms with Gasteiger partial charge in [-0.05, 0) is 13.0 Å². The molecule has 1 unspecified atom stereocenters. The lowest BCUT2D eigenvalue weighted by atomic mass is 10.2. The summed E-state index contributed by atoms with van der Waals surface area (Å²) in [4.78, 5) is 23.6. The van der Waals surface area contributed by atoms with Gasteiger partial charge in [-0.25, -0.2) is 0 Å². The Labute approximate surface area is 102 Å². The van der Waals surface area contributed by atoms with Crippen molar-refractivity contribution in [2.24, 2.45) is 0 Å². The fraction of sp³-hybridized carbons (Fsp3) is 0.400. The van der Waals surface area contributed by atoms with Crippen LogP contribution in [0.5, 0.6) is 0 Å². The van der Waals surface area contributed by atoms with E-state index in [4.69, 9.17) is 5.26 Å². The summed E-state index contributed by atoms with van der Waals surface area (Å²) in [6, 6.07) is 4.50. The molecular weight excluding hydrogens is 242 g/mol. The summed E-state index contributed by atoms with van der Waals surface area (Å²) in [7, 11) is 1.58. The van der Waals surface area contributed by atoms with E-state index < -0.39 is 4.92 Å². The zero-order valence-electron chi connectivity index (χ0n) is 9.41. The molecular formula is C10H11N3O3S. The lowest BCUT2D eigenvalue weighted by Gasteiger charge is -2.21. The summed E-state index contributed by atoms with van der Waals surface area (Å²) in [5.41, 5.74) is 0. The van der Waals surface area contributed by atoms with E-state index in [0.717, 1.165) is 11.3 Å². The van der Waals surface area contributed by atoms with Gasteiger partial charge in [-0.3, -0.25) is 14.9 Å². The highest BCUT2D eigenvalue weighted by Crippen LogP contribution is 2.25. The van der Waals surface area contributed by atoms with Crippen LogP contribution in [0.3, 0.4) is 0 Å². The van der Waals surface area contributed by atoms with Crippen LogP contribution in [0.25, 0.3) is 0 Å². The molecule has 1 amide bonds. The van der Waals surface area contributed by atoms with E-state index in [0.29, 0.717) is 4.88 Å². The Kier molecular flexibility index (Phi) is 4.17. The number of amides is 1. The number of carbonyl (C=O) groups is 1. The van der Waals surface area contributed by atoms with Crippen LogP contribution in [0.4, 0.5) is 5.00 Å². The first-order valence-electron chi connectivity index (χ1n) is 4.85. The maximum Gasteiger partial charge on any atom is 0.324 e. The average molecular weight is 253 g/mol. The number of carbonyl (C=O) groups excluding carboxylic acids is 1. The number of nitro groups is 1. The first kappa shape index (κ1) is 13.1. The van der Waals surface area contributed by atoms with Crippen molar-refractivity contribution in [2.75, 3.05) is 7.05 Å². The Morgan fingerprint density at radius 3 is 2.82 bits per heavy atom. The van der Waals surface area contributed by atoms with Gasteiger partial charge in [0.1, 0.15) is 0 Å². The summed E-state index contributed by atoms with van der Waals surface area (Å²) in [6.07, 6.45) is 0.232. The maximum atomic E-state index is 11.9. The van der Waals surface area contributed by atoms with E-state index in [1.54, 1.807) is 14.0 Å². The van der Waals surface area contributed by atoms with Crippen molar-refractivity contribution in [1.82, 2.24) is 4.90 Å². The average Bonchev–Trinajstić information content (AvgIpc) is 2.76. The number of hydrogen-bond acceptors (Lipinski definition) is 5. The van der Waals surface area contributed by atoms with Gasteiger partial charge in [-0.15, -0.1) is 0 Å². The third-order valence-corrected chi connectivity index (χ3v) is 3.38. The molecule has 0 aromatic carbocycles. The summed E-state index contributed by atoms with van der Waals surface area (Å²) >= 11 is 0.840. The van der Waals surface area contributed by atoms with Gasteiger partial charge < -0.3 is 4.90 Å². The van der Waals surface area contributed by atoms with Crippen LogP contribution in [-0.4, -0.2) is 28.8 Å². The highest BCUT2D eigenvalue weighted by Gasteiger charge is 2.21. The van der Waals surface area contributed by atoms with E-state index >= 15 is 0 Å². The Morgan fingerprint density at radius 1 is 1.71 bits per heavy atom. The lowest BCUT2D eigenvalue weighted by molar-refractivity contribution is -0.380. The zero-order chi connectivity index (χ0) is 13.0. The molecule has 0 radical (unpaired) electrons. The minimum atomic E-state index is -0.528. The summed E-state index contributed by atoms with van der Waals surface area (Å²) in [6.45, 7) is 1.75. The number of thiophene rings is 1. The van der Waals surface area contributed by atoms with Crippen molar-refractivity contribution in [3.63, 3.8) is 0 Å². The van der Waals surface area contributed by atoms with Gasteiger partial charge in [-0.2, -0.15) is 5.26 Å². The zero-order valence-corrected chi connectivity index (χ0v) is 10.2. The Bertz CT molecular complexity index is 477. The molecule has 1 aromatic rings. The van der Waals surface area contributed by atoms with Gasteiger partial charge in [0.15, 0.2) is 0 Å². The number of nitriles is 1. The van der Waals surface area contributed by atoms with Crippen molar-refractivity contribution in [1.29, 1.82) is 5.26 Å². The van der Waals surface area contributed by atoms with Crippen molar-refractivity contribution >= 4 is 22.2 Å². The van der Waals surface area contributed by atoms with Gasteiger partial charge in [0.05, 0.1) is 22.3 Å². The quantitative estimate of drug-likeness (QED) is 0.606. The third kappa shape index (κ3) is 3.01. The molecule has 0 aliphatic heterocycles. The van der Waals surface area contributed by atoms with Gasteiger partial charge in [0.25, 0.3) is 5.91 Å². The topological polar surface area (TPSA) is 87.2 Å². The van der Waals surface area contributed by atoms with Gasteiger partial charge >= 0.3 is 5.00 Å². The van der Waals surface area contributed by atoms with Crippen LogP contribution in [0.1, 0.15) is 23.0 Å². The first-order chi connectivity index (χ1) is 7.97. The molecule has 6 nitrogen and oxygen atoms in total. The largest absolute Gasteiger partial charge is 0.337 e. The van der Waals surface area contributed by atoms with E-state index in [2.05, 4.69) is 0 Å². The minimum absolute atomic E-state index is 0.0605. The van der Waals surface area contributed by atoms with Crippen molar-refractivity contribution in [3.8, 4) is 6.07 Å². The molecule has 0 saturated carbocycles. The molecule has 17 heavy (non-hydrogen) atoms. The second-order valence-corrected chi connectivity index (χ2v) is 4.58. The SMILES string of the molecule is CC(CC#N)N(C)C(=O)c1ccc([N+](=O)[O-])s1. The molecule has 90 valence electrons. The van der Waals surface area contributed by atoms with Crippen LogP contribution < -0.4 is 0 Å². The number of hydrogen-bond donors (Lipinski definition) is 0. The molecule has 0 N–H and O–H groups in total. The van der Waals surface area contributed by atoms with Crippen molar-refractivity contribution < 1.29 is 9.72 Å². The standard InChI is InChI=1S/C10H11N3O3S/c1-7(5-6-11)12(2)10(14)8-3-4-9(17-8)13(15)16/h3-4,7H,5H2,1-2H3. The monoisotopic (exact) mass is 253 g/mol. The predicted octanol–water partition coefficient (Wildman–Crippen LogP) is 2.03. The molecule has 1 heterocycles. The second-order valence-electron chi connectivity index (χ2n) is 3.52. The van der Waals surface area contributed by atoms with Gasteiger partial charge in [0, 0.05) is 19.2 Å². The van der Waals surface area contributed by atoms with E-state index in [1.165, 1.54) is 17.0 Å². The first-order valence-corrected chi connectivity index (χ1v) is 5.67. The highest BCUT2D eigenvalue weighted by atomic mass is 32.1. The number of nitrogens with zero attached hydrogens (tertiary/aromatic N) is 3. The third-order valence-electron chi connectivity index (χ3n) is 2.35. The summed E-state index contributed by atoms with van der Waals surface area (Å²) in [5.74, 6) is -0.300. The van der Waals surface area contributed by atoms with E-state index in [-0.39, 0.29) is 23.4 Å². The fourth-order valence-corrected chi connectivity index (χ4v) is 1.99. The molecule has 0 aliphatic rings. The van der Waals surface area contributed by atoms with Crippen LogP contribution in [-0.2, 0) is 0 Å². The number of rotatable bonds is 4. The van der Waals surface area contributed by atoms with Crippen LogP contribution in [0.15, 0.2) is 12.1 Å². The maximum absolute atomic E-state index is 11.9. The molecule has 0 bridgehead atoms. The molecule has 0 saturated heterocycles. The second kappa shape index (κ2) is 5.41. The molecule has 1 rings (SSSR count). The Morgan fingerprint density at radius 2 is 2.35 bits per heavy atom. The van der Waals surface area contributed by atoms with Crippen molar-refractivity contribution in [3.05, 3.63) is 27.1 Å². The summed E-state index contributed by atoms with van der Waals surface area (Å²) < 4.78 is 0. The van der Waals surface area contributed by atoms with Crippen LogP contribution in [0.2, 0.25) is 0 Å². The molecule has 0 aliphatic carbocycles. The van der Waals surface area contributed by atoms with Crippen LogP contribution >= 0.6 is 11.3 Å². The van der Waals surface area contributed by atoms with Crippen molar-refractivity contribution in [2.45, 2.75) is 19.4 Å². The van der Waals surface area contributed by atoms with E-state index in [9.17, 15) is 14.9 Å². The van der Waals surface area contributed by atoms with Crippen LogP contribution in [0, 0.1) is 21.4 Å². The lowest BCUT2D eigenvalue weighted by Crippen LogP contribution is -2.34. The molecule has 1 atom stereocenters. The van der Waals surface area contributed by atoms with Gasteiger partial charge in [-0.1, -0.05) is 11.3 Å². The normalized spacial score (nSPS) is 11.6.